The van der Waals surface area contributed by atoms with Gasteiger partial charge in [0, 0.05) is 54.3 Å². The van der Waals surface area contributed by atoms with Gasteiger partial charge in [-0.1, -0.05) is 17.7 Å². The standard InChI is InChI=1S/C29H30ClFN4O4S/c1-40(38,39)25-17-26(33-29(37)20-3-2-4-21(30)16-20)28(32-18-25)34-13-11-19(12-14-34)15-27(36)35(24-9-10-24)23-7-5-22(31)6-8-23/h2-8,16-19,24H,9-15H2,1H3,(H,33,37). The molecule has 2 aliphatic rings. The highest BCUT2D eigenvalue weighted by Gasteiger charge is 2.35. The molecule has 1 saturated carbocycles. The molecule has 2 aromatic carbocycles. The third-order valence-corrected chi connectivity index (χ3v) is 8.58. The summed E-state index contributed by atoms with van der Waals surface area (Å²) in [6.07, 6.45) is 6.12. The lowest BCUT2D eigenvalue weighted by atomic mass is 9.92. The van der Waals surface area contributed by atoms with Crippen molar-refractivity contribution in [2.75, 3.05) is 34.5 Å². The number of aromatic nitrogens is 1. The molecule has 1 saturated heterocycles. The second-order valence-electron chi connectivity index (χ2n) is 10.4. The van der Waals surface area contributed by atoms with Crippen LogP contribution in [0.1, 0.15) is 42.5 Å². The third kappa shape index (κ3) is 6.62. The van der Waals surface area contributed by atoms with E-state index in [2.05, 4.69) is 10.3 Å². The van der Waals surface area contributed by atoms with Gasteiger partial charge < -0.3 is 15.1 Å². The van der Waals surface area contributed by atoms with Crippen molar-refractivity contribution in [1.29, 1.82) is 0 Å². The number of halogens is 2. The lowest BCUT2D eigenvalue weighted by Crippen LogP contribution is -2.39. The van der Waals surface area contributed by atoms with Crippen LogP contribution in [0.4, 0.5) is 21.6 Å². The number of carbonyl (C=O) groups is 2. The van der Waals surface area contributed by atoms with E-state index in [1.165, 1.54) is 30.5 Å². The molecule has 1 aliphatic heterocycles. The van der Waals surface area contributed by atoms with Crippen LogP contribution in [0.5, 0.6) is 0 Å². The topological polar surface area (TPSA) is 99.7 Å². The molecule has 2 amide bonds. The Morgan fingerprint density at radius 3 is 2.40 bits per heavy atom. The summed E-state index contributed by atoms with van der Waals surface area (Å²) in [6.45, 7) is 1.17. The summed E-state index contributed by atoms with van der Waals surface area (Å²) >= 11 is 6.04. The molecule has 210 valence electrons. The molecule has 0 radical (unpaired) electrons. The van der Waals surface area contributed by atoms with Gasteiger partial charge in [-0.25, -0.2) is 17.8 Å². The second kappa shape index (κ2) is 11.5. The van der Waals surface area contributed by atoms with Crippen LogP contribution in [0.15, 0.2) is 65.7 Å². The number of sulfone groups is 1. The molecule has 8 nitrogen and oxygen atoms in total. The Bertz CT molecular complexity index is 1520. The van der Waals surface area contributed by atoms with E-state index in [4.69, 9.17) is 11.6 Å². The van der Waals surface area contributed by atoms with Crippen molar-refractivity contribution in [1.82, 2.24) is 4.98 Å². The smallest absolute Gasteiger partial charge is 0.255 e. The number of rotatable bonds is 8. The summed E-state index contributed by atoms with van der Waals surface area (Å²) in [6, 6.07) is 14.1. The summed E-state index contributed by atoms with van der Waals surface area (Å²) in [5, 5.41) is 3.22. The van der Waals surface area contributed by atoms with Gasteiger partial charge in [-0.2, -0.15) is 0 Å². The van der Waals surface area contributed by atoms with Crippen LogP contribution in [-0.4, -0.2) is 50.6 Å². The first-order valence-electron chi connectivity index (χ1n) is 13.2. The van der Waals surface area contributed by atoms with Gasteiger partial charge in [0.05, 0.1) is 10.6 Å². The summed E-state index contributed by atoms with van der Waals surface area (Å²) < 4.78 is 37.8. The average Bonchev–Trinajstić information content (AvgIpc) is 3.75. The zero-order valence-corrected chi connectivity index (χ0v) is 23.6. The number of hydrogen-bond acceptors (Lipinski definition) is 6. The molecule has 40 heavy (non-hydrogen) atoms. The molecule has 5 rings (SSSR count). The van der Waals surface area contributed by atoms with E-state index in [9.17, 15) is 22.4 Å². The van der Waals surface area contributed by atoms with Gasteiger partial charge in [-0.05, 0) is 80.1 Å². The van der Waals surface area contributed by atoms with Crippen molar-refractivity contribution in [2.45, 2.75) is 43.0 Å². The first kappa shape index (κ1) is 28.0. The molecule has 11 heteroatoms. The fourth-order valence-electron chi connectivity index (χ4n) is 5.00. The van der Waals surface area contributed by atoms with Crippen LogP contribution in [0.3, 0.4) is 0 Å². The van der Waals surface area contributed by atoms with Gasteiger partial charge in [0.25, 0.3) is 5.91 Å². The number of anilines is 3. The number of benzene rings is 2. The number of piperidine rings is 1. The second-order valence-corrected chi connectivity index (χ2v) is 12.8. The van der Waals surface area contributed by atoms with Crippen molar-refractivity contribution in [3.05, 3.63) is 77.2 Å². The minimum absolute atomic E-state index is 0.000845. The maximum atomic E-state index is 13.4. The molecular weight excluding hydrogens is 555 g/mol. The van der Waals surface area contributed by atoms with Crippen molar-refractivity contribution in [2.24, 2.45) is 5.92 Å². The molecule has 0 spiro atoms. The van der Waals surface area contributed by atoms with Crippen LogP contribution in [0, 0.1) is 11.7 Å². The van der Waals surface area contributed by atoms with E-state index in [-0.39, 0.29) is 28.6 Å². The fourth-order valence-corrected chi connectivity index (χ4v) is 5.76. The number of hydrogen-bond donors (Lipinski definition) is 1. The van der Waals surface area contributed by atoms with Crippen molar-refractivity contribution < 1.29 is 22.4 Å². The summed E-state index contributed by atoms with van der Waals surface area (Å²) in [5.41, 5.74) is 1.35. The highest BCUT2D eigenvalue weighted by molar-refractivity contribution is 7.90. The Balaban J connectivity index is 1.29. The molecular formula is C29H30ClFN4O4S. The Labute approximate surface area is 238 Å². The minimum Gasteiger partial charge on any atom is -0.355 e. The first-order chi connectivity index (χ1) is 19.1. The molecule has 0 atom stereocenters. The van der Waals surface area contributed by atoms with Crippen LogP contribution < -0.4 is 15.1 Å². The number of nitrogens with zero attached hydrogens (tertiary/aromatic N) is 3. The predicted octanol–water partition coefficient (Wildman–Crippen LogP) is 5.33. The van der Waals surface area contributed by atoms with Crippen LogP contribution in [-0.2, 0) is 14.6 Å². The van der Waals surface area contributed by atoms with E-state index in [0.717, 1.165) is 37.6 Å². The number of pyridine rings is 1. The van der Waals surface area contributed by atoms with Gasteiger partial charge >= 0.3 is 0 Å². The Morgan fingerprint density at radius 1 is 1.07 bits per heavy atom. The van der Waals surface area contributed by atoms with Gasteiger partial charge in [0.2, 0.25) is 5.91 Å². The SMILES string of the molecule is CS(=O)(=O)c1cnc(N2CCC(CC(=O)N(c3ccc(F)cc3)C3CC3)CC2)c(NC(=O)c2cccc(Cl)c2)c1. The maximum Gasteiger partial charge on any atom is 0.255 e. The largest absolute Gasteiger partial charge is 0.355 e. The Morgan fingerprint density at radius 2 is 1.77 bits per heavy atom. The summed E-state index contributed by atoms with van der Waals surface area (Å²) in [4.78, 5) is 34.5. The molecule has 1 aliphatic carbocycles. The number of nitrogens with one attached hydrogen (secondary N) is 1. The highest BCUT2D eigenvalue weighted by Crippen LogP contribution is 2.35. The highest BCUT2D eigenvalue weighted by atomic mass is 35.5. The van der Waals surface area contributed by atoms with Crippen molar-refractivity contribution in [3.8, 4) is 0 Å². The fraction of sp³-hybridized carbons (Fsp3) is 0.345. The molecule has 2 fully saturated rings. The van der Waals surface area contributed by atoms with Gasteiger partial charge in [0.15, 0.2) is 15.7 Å². The van der Waals surface area contributed by atoms with Crippen molar-refractivity contribution >= 4 is 50.4 Å². The molecule has 1 N–H and O–H groups in total. The normalized spacial score (nSPS) is 16.0. The van der Waals surface area contributed by atoms with Crippen LogP contribution in [0.2, 0.25) is 5.02 Å². The lowest BCUT2D eigenvalue weighted by Gasteiger charge is -2.34. The Kier molecular flexibility index (Phi) is 8.09. The molecule has 0 unspecified atom stereocenters. The van der Waals surface area contributed by atoms with Crippen LogP contribution >= 0.6 is 11.6 Å². The van der Waals surface area contributed by atoms with Crippen LogP contribution in [0.25, 0.3) is 0 Å². The van der Waals surface area contributed by atoms with E-state index >= 15 is 0 Å². The quantitative estimate of drug-likeness (QED) is 0.384. The number of amides is 2. The van der Waals surface area contributed by atoms with Gasteiger partial charge in [0.1, 0.15) is 5.82 Å². The van der Waals surface area contributed by atoms with E-state index < -0.39 is 15.7 Å². The molecule has 1 aromatic heterocycles. The minimum atomic E-state index is -3.55. The first-order valence-corrected chi connectivity index (χ1v) is 15.4. The van der Waals surface area contributed by atoms with Crippen molar-refractivity contribution in [3.63, 3.8) is 0 Å². The van der Waals surface area contributed by atoms with Gasteiger partial charge in [-0.15, -0.1) is 0 Å². The lowest BCUT2D eigenvalue weighted by molar-refractivity contribution is -0.119. The average molecular weight is 585 g/mol. The number of carbonyl (C=O) groups excluding carboxylic acids is 2. The molecule has 2 heterocycles. The summed E-state index contributed by atoms with van der Waals surface area (Å²) in [7, 11) is -3.55. The molecule has 0 bridgehead atoms. The zero-order valence-electron chi connectivity index (χ0n) is 22.0. The maximum absolute atomic E-state index is 13.4. The van der Waals surface area contributed by atoms with E-state index in [1.54, 1.807) is 35.2 Å². The summed E-state index contributed by atoms with van der Waals surface area (Å²) in [5.74, 6) is -0.0976. The van der Waals surface area contributed by atoms with E-state index in [1.807, 2.05) is 4.90 Å². The Hall–Kier alpha value is -3.50. The van der Waals surface area contributed by atoms with Gasteiger partial charge in [-0.3, -0.25) is 9.59 Å². The zero-order chi connectivity index (χ0) is 28.4. The predicted molar refractivity (Wildman–Crippen MR) is 153 cm³/mol. The third-order valence-electron chi connectivity index (χ3n) is 7.27. The monoisotopic (exact) mass is 584 g/mol. The molecule has 3 aromatic rings. The van der Waals surface area contributed by atoms with E-state index in [0.29, 0.717) is 41.6 Å².